The maximum Gasteiger partial charge on any atom is 0.325 e. The molecule has 0 saturated carbocycles. The summed E-state index contributed by atoms with van der Waals surface area (Å²) in [6, 6.07) is 5.08. The van der Waals surface area contributed by atoms with Gasteiger partial charge in [-0.2, -0.15) is 0 Å². The van der Waals surface area contributed by atoms with Crippen LogP contribution in [0.2, 0.25) is 0 Å². The fourth-order valence-corrected chi connectivity index (χ4v) is 2.10. The normalized spacial score (nSPS) is 12.3. The second kappa shape index (κ2) is 7.49. The first kappa shape index (κ1) is 16.0. The number of aliphatic carboxylic acids is 2. The van der Waals surface area contributed by atoms with E-state index in [0.717, 1.165) is 0 Å². The van der Waals surface area contributed by atoms with Crippen LogP contribution in [-0.2, 0) is 9.59 Å². The zero-order valence-corrected chi connectivity index (χ0v) is 11.3. The average Bonchev–Trinajstić information content (AvgIpc) is 2.35. The van der Waals surface area contributed by atoms with E-state index in [1.807, 2.05) is 6.92 Å². The van der Waals surface area contributed by atoms with Crippen LogP contribution in [0.4, 0.5) is 0 Å². The summed E-state index contributed by atoms with van der Waals surface area (Å²) in [7, 11) is 0. The second-order valence-corrected chi connectivity index (χ2v) is 4.52. The summed E-state index contributed by atoms with van der Waals surface area (Å²) < 4.78 is 0. The molecule has 0 aliphatic carbocycles. The summed E-state index contributed by atoms with van der Waals surface area (Å²) in [5, 5.41) is 27.6. The number of carbonyl (C=O) groups is 2. The van der Waals surface area contributed by atoms with Crippen LogP contribution >= 0.6 is 0 Å². The number of phenols is 1. The van der Waals surface area contributed by atoms with Crippen molar-refractivity contribution in [2.45, 2.75) is 25.8 Å². The Balaban J connectivity index is 3.01. The first-order chi connectivity index (χ1) is 9.45. The minimum Gasteiger partial charge on any atom is -0.508 e. The number of nitrogens with zero attached hydrogens (tertiary/aromatic N) is 1. The van der Waals surface area contributed by atoms with Crippen LogP contribution in [0.1, 0.15) is 31.4 Å². The van der Waals surface area contributed by atoms with Gasteiger partial charge in [0.15, 0.2) is 0 Å². The molecule has 110 valence electrons. The van der Waals surface area contributed by atoms with Crippen LogP contribution in [0.25, 0.3) is 0 Å². The predicted octanol–water partition coefficient (Wildman–Crippen LogP) is 1.70. The van der Waals surface area contributed by atoms with Crippen LogP contribution in [0, 0.1) is 0 Å². The van der Waals surface area contributed by atoms with Crippen molar-refractivity contribution in [3.8, 4) is 5.75 Å². The van der Waals surface area contributed by atoms with E-state index in [-0.39, 0.29) is 18.7 Å². The van der Waals surface area contributed by atoms with E-state index >= 15 is 0 Å². The molecule has 20 heavy (non-hydrogen) atoms. The number of hydrogen-bond donors (Lipinski definition) is 3. The zero-order chi connectivity index (χ0) is 15.1. The number of benzene rings is 1. The number of phenolic OH excluding ortho intramolecular Hbond substituents is 1. The number of hydrogen-bond acceptors (Lipinski definition) is 4. The Kier molecular flexibility index (Phi) is 5.99. The van der Waals surface area contributed by atoms with Gasteiger partial charge in [-0.25, -0.2) is 0 Å². The average molecular weight is 281 g/mol. The molecule has 0 saturated heterocycles. The second-order valence-electron chi connectivity index (χ2n) is 4.52. The summed E-state index contributed by atoms with van der Waals surface area (Å²) >= 11 is 0. The summed E-state index contributed by atoms with van der Waals surface area (Å²) in [4.78, 5) is 23.8. The SMILES string of the molecule is CCCN(CCC(=O)O)C(C(=O)O)c1cccc(O)c1. The van der Waals surface area contributed by atoms with Crippen molar-refractivity contribution in [2.24, 2.45) is 0 Å². The molecular formula is C14H19NO5. The highest BCUT2D eigenvalue weighted by Crippen LogP contribution is 2.24. The van der Waals surface area contributed by atoms with Crippen LogP contribution in [0.5, 0.6) is 5.75 Å². The summed E-state index contributed by atoms with van der Waals surface area (Å²) in [6.45, 7) is 2.52. The molecule has 0 aliphatic rings. The Morgan fingerprint density at radius 3 is 2.45 bits per heavy atom. The zero-order valence-electron chi connectivity index (χ0n) is 11.3. The van der Waals surface area contributed by atoms with Gasteiger partial charge in [0.1, 0.15) is 11.8 Å². The quantitative estimate of drug-likeness (QED) is 0.671. The van der Waals surface area contributed by atoms with E-state index in [1.54, 1.807) is 17.0 Å². The number of aromatic hydroxyl groups is 1. The van der Waals surface area contributed by atoms with Crippen molar-refractivity contribution in [2.75, 3.05) is 13.1 Å². The highest BCUT2D eigenvalue weighted by molar-refractivity contribution is 5.76. The molecule has 1 rings (SSSR count). The third kappa shape index (κ3) is 4.55. The molecule has 0 spiro atoms. The largest absolute Gasteiger partial charge is 0.508 e. The molecule has 1 unspecified atom stereocenters. The highest BCUT2D eigenvalue weighted by Gasteiger charge is 2.27. The molecule has 6 heteroatoms. The monoisotopic (exact) mass is 281 g/mol. The Labute approximate surface area is 117 Å². The standard InChI is InChI=1S/C14H19NO5/c1-2-7-15(8-6-12(17)18)13(14(19)20)10-4-3-5-11(16)9-10/h3-5,9,13,16H,2,6-8H2,1H3,(H,17,18)(H,19,20). The summed E-state index contributed by atoms with van der Waals surface area (Å²) in [5.41, 5.74) is 0.441. The first-order valence-corrected chi connectivity index (χ1v) is 6.43. The Hall–Kier alpha value is -2.08. The lowest BCUT2D eigenvalue weighted by Crippen LogP contribution is -2.36. The summed E-state index contributed by atoms with van der Waals surface area (Å²) in [5.74, 6) is -2.04. The van der Waals surface area contributed by atoms with Crippen LogP contribution in [0.15, 0.2) is 24.3 Å². The predicted molar refractivity (Wildman–Crippen MR) is 72.6 cm³/mol. The molecule has 1 aromatic carbocycles. The van der Waals surface area contributed by atoms with E-state index in [1.165, 1.54) is 12.1 Å². The molecule has 1 aromatic rings. The van der Waals surface area contributed by atoms with Crippen LogP contribution in [-0.4, -0.2) is 45.2 Å². The van der Waals surface area contributed by atoms with E-state index < -0.39 is 18.0 Å². The molecule has 0 aromatic heterocycles. The summed E-state index contributed by atoms with van der Waals surface area (Å²) in [6.07, 6.45) is 0.588. The van der Waals surface area contributed by atoms with Gasteiger partial charge in [-0.3, -0.25) is 14.5 Å². The van der Waals surface area contributed by atoms with Crippen molar-refractivity contribution in [1.29, 1.82) is 0 Å². The number of carboxylic acids is 2. The third-order valence-electron chi connectivity index (χ3n) is 2.91. The Morgan fingerprint density at radius 1 is 1.25 bits per heavy atom. The van der Waals surface area contributed by atoms with Gasteiger partial charge in [0.25, 0.3) is 0 Å². The first-order valence-electron chi connectivity index (χ1n) is 6.43. The molecule has 0 bridgehead atoms. The van der Waals surface area contributed by atoms with Crippen molar-refractivity contribution in [1.82, 2.24) is 4.90 Å². The fraction of sp³-hybridized carbons (Fsp3) is 0.429. The van der Waals surface area contributed by atoms with Crippen LogP contribution in [0.3, 0.4) is 0 Å². The van der Waals surface area contributed by atoms with Gasteiger partial charge in [0.05, 0.1) is 6.42 Å². The van der Waals surface area contributed by atoms with Crippen molar-refractivity contribution in [3.63, 3.8) is 0 Å². The molecule has 0 fully saturated rings. The maximum absolute atomic E-state index is 11.5. The van der Waals surface area contributed by atoms with Gasteiger partial charge < -0.3 is 15.3 Å². The van der Waals surface area contributed by atoms with E-state index in [2.05, 4.69) is 0 Å². The third-order valence-corrected chi connectivity index (χ3v) is 2.91. The Morgan fingerprint density at radius 2 is 1.95 bits per heavy atom. The minimum atomic E-state index is -1.06. The molecule has 0 heterocycles. The molecule has 3 N–H and O–H groups in total. The van der Waals surface area contributed by atoms with Crippen molar-refractivity contribution in [3.05, 3.63) is 29.8 Å². The van der Waals surface area contributed by atoms with Crippen LogP contribution < -0.4 is 0 Å². The van der Waals surface area contributed by atoms with Crippen molar-refractivity contribution >= 4 is 11.9 Å². The minimum absolute atomic E-state index is 0.0107. The number of carboxylic acid groups (broad SMARTS) is 2. The number of rotatable bonds is 8. The fourth-order valence-electron chi connectivity index (χ4n) is 2.10. The Bertz CT molecular complexity index is 474. The van der Waals surface area contributed by atoms with Gasteiger partial charge in [-0.15, -0.1) is 0 Å². The topological polar surface area (TPSA) is 98.1 Å². The van der Waals surface area contributed by atoms with E-state index in [9.17, 15) is 19.8 Å². The molecule has 6 nitrogen and oxygen atoms in total. The molecule has 0 amide bonds. The molecular weight excluding hydrogens is 262 g/mol. The van der Waals surface area contributed by atoms with Crippen molar-refractivity contribution < 1.29 is 24.9 Å². The van der Waals surface area contributed by atoms with E-state index in [0.29, 0.717) is 18.5 Å². The van der Waals surface area contributed by atoms with Gasteiger partial charge in [-0.1, -0.05) is 19.1 Å². The molecule has 0 radical (unpaired) electrons. The maximum atomic E-state index is 11.5. The lowest BCUT2D eigenvalue weighted by Gasteiger charge is -2.28. The van der Waals surface area contributed by atoms with E-state index in [4.69, 9.17) is 5.11 Å². The van der Waals surface area contributed by atoms with Gasteiger partial charge in [0, 0.05) is 6.54 Å². The molecule has 1 atom stereocenters. The highest BCUT2D eigenvalue weighted by atomic mass is 16.4. The lowest BCUT2D eigenvalue weighted by molar-refractivity contribution is -0.145. The lowest BCUT2D eigenvalue weighted by atomic mass is 10.0. The van der Waals surface area contributed by atoms with Gasteiger partial charge in [0.2, 0.25) is 0 Å². The van der Waals surface area contributed by atoms with Gasteiger partial charge in [-0.05, 0) is 30.7 Å². The smallest absolute Gasteiger partial charge is 0.325 e. The van der Waals surface area contributed by atoms with Gasteiger partial charge >= 0.3 is 11.9 Å². The molecule has 0 aliphatic heterocycles.